The summed E-state index contributed by atoms with van der Waals surface area (Å²) in [5, 5.41) is 21.9. The summed E-state index contributed by atoms with van der Waals surface area (Å²) in [5.74, 6) is 0.871. The summed E-state index contributed by atoms with van der Waals surface area (Å²) in [6.07, 6.45) is 1.49. The highest BCUT2D eigenvalue weighted by atomic mass is 16.6. The number of nitrogens with one attached hydrogen (secondary N) is 1. The maximum Gasteiger partial charge on any atom is 0.266 e. The van der Waals surface area contributed by atoms with Gasteiger partial charge in [0.05, 0.1) is 0 Å². The number of ether oxygens (including phenoxy) is 2. The van der Waals surface area contributed by atoms with Crippen LogP contribution >= 0.6 is 0 Å². The topological polar surface area (TPSA) is 91.6 Å². The van der Waals surface area contributed by atoms with E-state index in [9.17, 15) is 15.2 Å². The number of rotatable bonds is 3. The number of fused-ring (bicyclic) bond motifs is 1. The van der Waals surface area contributed by atoms with Crippen molar-refractivity contribution < 1.29 is 19.4 Å². The number of nitrogens with zero attached hydrogens (tertiary/aromatic N) is 1. The van der Waals surface area contributed by atoms with E-state index in [1.165, 1.54) is 6.08 Å². The van der Waals surface area contributed by atoms with Gasteiger partial charge >= 0.3 is 0 Å². The average molecular weight is 350 g/mol. The zero-order valence-electron chi connectivity index (χ0n) is 14.5. The highest BCUT2D eigenvalue weighted by molar-refractivity contribution is 6.09. The van der Waals surface area contributed by atoms with Gasteiger partial charge in [-0.25, -0.2) is 0 Å². The van der Waals surface area contributed by atoms with Crippen LogP contribution in [0.2, 0.25) is 0 Å². The molecule has 0 saturated heterocycles. The Balaban J connectivity index is 1.82. The summed E-state index contributed by atoms with van der Waals surface area (Å²) >= 11 is 0. The van der Waals surface area contributed by atoms with Gasteiger partial charge in [0.2, 0.25) is 0 Å². The Morgan fingerprint density at radius 3 is 2.46 bits per heavy atom. The molecule has 1 aliphatic heterocycles. The molecule has 0 spiro atoms. The Morgan fingerprint density at radius 1 is 1.15 bits per heavy atom. The first-order valence-electron chi connectivity index (χ1n) is 8.11. The van der Waals surface area contributed by atoms with Crippen molar-refractivity contribution in [2.24, 2.45) is 0 Å². The Kier molecular flexibility index (Phi) is 4.81. The summed E-state index contributed by atoms with van der Waals surface area (Å²) in [4.78, 5) is 12.4. The number of carbonyl (C=O) groups excluding carboxylic acids is 1. The molecule has 0 aliphatic carbocycles. The third-order valence-corrected chi connectivity index (χ3v) is 3.99. The number of hydrogen-bond acceptors (Lipinski definition) is 5. The van der Waals surface area contributed by atoms with Crippen molar-refractivity contribution in [1.29, 1.82) is 5.26 Å². The number of amides is 1. The van der Waals surface area contributed by atoms with E-state index < -0.39 is 5.91 Å². The summed E-state index contributed by atoms with van der Waals surface area (Å²) in [7, 11) is 0. The van der Waals surface area contributed by atoms with Crippen LogP contribution in [0.3, 0.4) is 0 Å². The first-order chi connectivity index (χ1) is 12.5. The van der Waals surface area contributed by atoms with E-state index in [-0.39, 0.29) is 11.3 Å². The number of aromatic hydroxyl groups is 1. The van der Waals surface area contributed by atoms with Crippen LogP contribution in [0.1, 0.15) is 16.7 Å². The molecule has 3 rings (SSSR count). The number of carbonyl (C=O) groups is 1. The highest BCUT2D eigenvalue weighted by Crippen LogP contribution is 2.32. The minimum absolute atomic E-state index is 0.0376. The molecule has 0 unspecified atom stereocenters. The second-order valence-corrected chi connectivity index (χ2v) is 5.99. The van der Waals surface area contributed by atoms with Gasteiger partial charge in [-0.2, -0.15) is 5.26 Å². The monoisotopic (exact) mass is 350 g/mol. The Bertz CT molecular complexity index is 918. The number of anilines is 1. The molecular weight excluding hydrogens is 332 g/mol. The van der Waals surface area contributed by atoms with E-state index in [0.717, 1.165) is 0 Å². The zero-order chi connectivity index (χ0) is 18.7. The zero-order valence-corrected chi connectivity index (χ0v) is 14.5. The van der Waals surface area contributed by atoms with Gasteiger partial charge in [-0.15, -0.1) is 0 Å². The number of hydrogen-bond donors (Lipinski definition) is 2. The lowest BCUT2D eigenvalue weighted by Gasteiger charge is -2.18. The summed E-state index contributed by atoms with van der Waals surface area (Å²) < 4.78 is 10.9. The standard InChI is InChI=1S/C20H18N2O4/c1-12-7-14(8-13(2)19(12)23)9-15(11-21)20(24)22-16-3-4-17-18(10-16)26-6-5-25-17/h3-4,7-10,23H,5-6H2,1-2H3,(H,22,24)/b15-9+. The van der Waals surface area contributed by atoms with Crippen molar-refractivity contribution in [3.8, 4) is 23.3 Å². The van der Waals surface area contributed by atoms with Crippen molar-refractivity contribution in [2.45, 2.75) is 13.8 Å². The van der Waals surface area contributed by atoms with E-state index in [2.05, 4.69) is 5.32 Å². The molecule has 0 saturated carbocycles. The largest absolute Gasteiger partial charge is 0.507 e. The Hall–Kier alpha value is -3.46. The molecule has 0 aromatic heterocycles. The molecule has 6 heteroatoms. The average Bonchev–Trinajstić information content (AvgIpc) is 2.63. The Morgan fingerprint density at radius 2 is 1.81 bits per heavy atom. The quantitative estimate of drug-likeness (QED) is 0.654. The van der Waals surface area contributed by atoms with E-state index in [1.807, 2.05) is 6.07 Å². The van der Waals surface area contributed by atoms with Gasteiger partial charge in [-0.05, 0) is 60.9 Å². The van der Waals surface area contributed by atoms with Gasteiger partial charge in [-0.3, -0.25) is 4.79 Å². The molecule has 0 atom stereocenters. The molecule has 2 N–H and O–H groups in total. The SMILES string of the molecule is Cc1cc(/C=C(\C#N)C(=O)Nc2ccc3c(c2)OCCO3)cc(C)c1O. The fourth-order valence-corrected chi connectivity index (χ4v) is 2.71. The Labute approximate surface area is 151 Å². The number of nitriles is 1. The number of phenolic OH excluding ortho intramolecular Hbond substituents is 1. The van der Waals surface area contributed by atoms with Crippen LogP contribution in [0.25, 0.3) is 6.08 Å². The normalized spacial score (nSPS) is 13.0. The van der Waals surface area contributed by atoms with Gasteiger partial charge in [0.15, 0.2) is 11.5 Å². The van der Waals surface area contributed by atoms with Crippen molar-refractivity contribution in [2.75, 3.05) is 18.5 Å². The van der Waals surface area contributed by atoms with E-state index in [0.29, 0.717) is 47.1 Å². The molecule has 1 amide bonds. The predicted octanol–water partition coefficient (Wildman–Crippen LogP) is 3.33. The first-order valence-corrected chi connectivity index (χ1v) is 8.11. The molecule has 6 nitrogen and oxygen atoms in total. The molecule has 1 aliphatic rings. The van der Waals surface area contributed by atoms with Crippen LogP contribution in [-0.2, 0) is 4.79 Å². The predicted molar refractivity (Wildman–Crippen MR) is 97.2 cm³/mol. The van der Waals surface area contributed by atoms with Gasteiger partial charge in [-0.1, -0.05) is 0 Å². The fourth-order valence-electron chi connectivity index (χ4n) is 2.71. The van der Waals surface area contributed by atoms with Gasteiger partial charge in [0.25, 0.3) is 5.91 Å². The lowest BCUT2D eigenvalue weighted by molar-refractivity contribution is -0.112. The van der Waals surface area contributed by atoms with Crippen LogP contribution in [0.15, 0.2) is 35.9 Å². The maximum atomic E-state index is 12.4. The van der Waals surface area contributed by atoms with Crippen molar-refractivity contribution in [3.63, 3.8) is 0 Å². The summed E-state index contributed by atoms with van der Waals surface area (Å²) in [6.45, 7) is 4.47. The van der Waals surface area contributed by atoms with E-state index in [1.54, 1.807) is 44.2 Å². The molecule has 0 bridgehead atoms. The third kappa shape index (κ3) is 3.62. The molecule has 0 radical (unpaired) electrons. The minimum atomic E-state index is -0.521. The molecule has 2 aromatic carbocycles. The minimum Gasteiger partial charge on any atom is -0.507 e. The van der Waals surface area contributed by atoms with Crippen LogP contribution in [0.5, 0.6) is 17.2 Å². The molecule has 0 fully saturated rings. The summed E-state index contributed by atoms with van der Waals surface area (Å²) in [5.41, 5.74) is 2.51. The number of phenols is 1. The first kappa shape index (κ1) is 17.4. The van der Waals surface area contributed by atoms with Crippen molar-refractivity contribution in [1.82, 2.24) is 0 Å². The van der Waals surface area contributed by atoms with Gasteiger partial charge in [0.1, 0.15) is 30.6 Å². The second kappa shape index (κ2) is 7.19. The molecule has 2 aromatic rings. The summed E-state index contributed by atoms with van der Waals surface area (Å²) in [6, 6.07) is 10.4. The lowest BCUT2D eigenvalue weighted by atomic mass is 10.0. The van der Waals surface area contributed by atoms with Gasteiger partial charge < -0.3 is 19.9 Å². The molecule has 26 heavy (non-hydrogen) atoms. The second-order valence-electron chi connectivity index (χ2n) is 5.99. The third-order valence-electron chi connectivity index (χ3n) is 3.99. The number of benzene rings is 2. The molecular formula is C20H18N2O4. The smallest absolute Gasteiger partial charge is 0.266 e. The fraction of sp³-hybridized carbons (Fsp3) is 0.200. The highest BCUT2D eigenvalue weighted by Gasteiger charge is 2.15. The van der Waals surface area contributed by atoms with E-state index >= 15 is 0 Å². The van der Waals surface area contributed by atoms with Crippen LogP contribution in [0.4, 0.5) is 5.69 Å². The van der Waals surface area contributed by atoms with Crippen LogP contribution < -0.4 is 14.8 Å². The van der Waals surface area contributed by atoms with Crippen LogP contribution in [0, 0.1) is 25.2 Å². The maximum absolute atomic E-state index is 12.4. The van der Waals surface area contributed by atoms with Crippen molar-refractivity contribution in [3.05, 3.63) is 52.6 Å². The van der Waals surface area contributed by atoms with E-state index in [4.69, 9.17) is 9.47 Å². The molecule has 1 heterocycles. The van der Waals surface area contributed by atoms with Crippen molar-refractivity contribution >= 4 is 17.7 Å². The number of aryl methyl sites for hydroxylation is 2. The molecule has 132 valence electrons. The van der Waals surface area contributed by atoms with Crippen LogP contribution in [-0.4, -0.2) is 24.2 Å². The lowest BCUT2D eigenvalue weighted by Crippen LogP contribution is -2.17. The van der Waals surface area contributed by atoms with Gasteiger partial charge in [0, 0.05) is 11.8 Å².